The van der Waals surface area contributed by atoms with Crippen LogP contribution in [-0.2, 0) is 4.74 Å². The van der Waals surface area contributed by atoms with Crippen molar-refractivity contribution in [2.45, 2.75) is 57.5 Å². The van der Waals surface area contributed by atoms with Gasteiger partial charge in [0.05, 0.1) is 19.3 Å². The molecular formula is C25H30F2O2. The van der Waals surface area contributed by atoms with E-state index in [0.29, 0.717) is 30.8 Å². The Hall–Kier alpha value is -2.20. The third kappa shape index (κ3) is 5.45. The summed E-state index contributed by atoms with van der Waals surface area (Å²) in [6.45, 7) is 6.87. The molecule has 0 aliphatic carbocycles. The van der Waals surface area contributed by atoms with Crippen molar-refractivity contribution in [3.05, 3.63) is 66.3 Å². The van der Waals surface area contributed by atoms with Gasteiger partial charge >= 0.3 is 0 Å². The molecule has 0 N–H and O–H groups in total. The fourth-order valence-corrected chi connectivity index (χ4v) is 3.73. The molecular weight excluding hydrogens is 370 g/mol. The molecule has 0 spiro atoms. The minimum absolute atomic E-state index is 0.0262. The Morgan fingerprint density at radius 1 is 1.10 bits per heavy atom. The molecule has 0 saturated carbocycles. The molecule has 4 heteroatoms. The van der Waals surface area contributed by atoms with Gasteiger partial charge in [-0.1, -0.05) is 43.7 Å². The van der Waals surface area contributed by atoms with E-state index in [1.54, 1.807) is 6.07 Å². The molecule has 2 nitrogen and oxygen atoms in total. The van der Waals surface area contributed by atoms with Gasteiger partial charge in [-0.25, -0.2) is 4.39 Å². The van der Waals surface area contributed by atoms with E-state index in [0.717, 1.165) is 38.5 Å². The van der Waals surface area contributed by atoms with Crippen LogP contribution in [0.15, 0.2) is 49.1 Å². The number of hydrogen-bond donors (Lipinski definition) is 0. The molecule has 2 aromatic rings. The first-order valence-corrected chi connectivity index (χ1v) is 10.6. The fourth-order valence-electron chi connectivity index (χ4n) is 3.73. The van der Waals surface area contributed by atoms with Crippen LogP contribution in [-0.4, -0.2) is 19.3 Å². The first kappa shape index (κ1) is 21.5. The summed E-state index contributed by atoms with van der Waals surface area (Å²) in [7, 11) is 0. The molecule has 156 valence electrons. The van der Waals surface area contributed by atoms with E-state index >= 15 is 0 Å². The Labute approximate surface area is 172 Å². The van der Waals surface area contributed by atoms with Gasteiger partial charge in [0.1, 0.15) is 0 Å². The van der Waals surface area contributed by atoms with Crippen molar-refractivity contribution in [2.24, 2.45) is 0 Å². The lowest BCUT2D eigenvalue weighted by Crippen LogP contribution is -2.24. The van der Waals surface area contributed by atoms with Crippen molar-refractivity contribution in [3.63, 3.8) is 0 Å². The van der Waals surface area contributed by atoms with Crippen molar-refractivity contribution in [3.8, 4) is 16.9 Å². The molecule has 0 amide bonds. The predicted molar refractivity (Wildman–Crippen MR) is 113 cm³/mol. The summed E-state index contributed by atoms with van der Waals surface area (Å²) < 4.78 is 40.2. The largest absolute Gasteiger partial charge is 0.490 e. The Morgan fingerprint density at radius 2 is 1.90 bits per heavy atom. The van der Waals surface area contributed by atoms with E-state index in [2.05, 4.69) is 6.58 Å². The van der Waals surface area contributed by atoms with E-state index in [-0.39, 0.29) is 11.3 Å². The molecule has 2 atom stereocenters. The highest BCUT2D eigenvalue weighted by Crippen LogP contribution is 2.33. The Bertz CT molecular complexity index is 793. The Morgan fingerprint density at radius 3 is 2.55 bits per heavy atom. The van der Waals surface area contributed by atoms with Gasteiger partial charge in [-0.3, -0.25) is 0 Å². The van der Waals surface area contributed by atoms with Gasteiger partial charge in [0.15, 0.2) is 11.6 Å². The number of hydrogen-bond acceptors (Lipinski definition) is 2. The number of rotatable bonds is 9. The van der Waals surface area contributed by atoms with Gasteiger partial charge in [-0.15, -0.1) is 6.58 Å². The number of halogens is 2. The molecule has 0 aromatic heterocycles. The van der Waals surface area contributed by atoms with E-state index in [4.69, 9.17) is 9.47 Å². The van der Waals surface area contributed by atoms with Gasteiger partial charge in [0.2, 0.25) is 5.82 Å². The third-order valence-electron chi connectivity index (χ3n) is 5.56. The number of unbranched alkanes of at least 4 members (excludes halogenated alkanes) is 1. The number of ether oxygens (including phenoxy) is 2. The second-order valence-corrected chi connectivity index (χ2v) is 7.66. The lowest BCUT2D eigenvalue weighted by molar-refractivity contribution is -0.000171. The average Bonchev–Trinajstić information content (AvgIpc) is 2.76. The van der Waals surface area contributed by atoms with Crippen LogP contribution >= 0.6 is 0 Å². The molecule has 0 radical (unpaired) electrons. The van der Waals surface area contributed by atoms with Crippen LogP contribution in [0.5, 0.6) is 5.75 Å². The molecule has 2 unspecified atom stereocenters. The zero-order valence-electron chi connectivity index (χ0n) is 17.1. The Kier molecular flexibility index (Phi) is 7.82. The molecule has 29 heavy (non-hydrogen) atoms. The van der Waals surface area contributed by atoms with Gasteiger partial charge in [-0.2, -0.15) is 4.39 Å². The highest BCUT2D eigenvalue weighted by atomic mass is 19.2. The van der Waals surface area contributed by atoms with Crippen LogP contribution in [0.1, 0.15) is 56.9 Å². The van der Waals surface area contributed by atoms with Crippen molar-refractivity contribution in [1.82, 2.24) is 0 Å². The fraction of sp³-hybridized carbons (Fsp3) is 0.440. The Balaban J connectivity index is 1.66. The van der Waals surface area contributed by atoms with Gasteiger partial charge < -0.3 is 9.47 Å². The van der Waals surface area contributed by atoms with E-state index < -0.39 is 11.6 Å². The zero-order valence-corrected chi connectivity index (χ0v) is 17.1. The minimum atomic E-state index is -0.922. The first-order chi connectivity index (χ1) is 14.1. The monoisotopic (exact) mass is 400 g/mol. The predicted octanol–water partition coefficient (Wildman–Crippen LogP) is 7.04. The standard InChI is InChI=1S/C25H30F2O2/c1-3-5-7-21-13-12-20(17-29-21)18-8-10-19(11-9-18)22-14-15-23(25(27)24(22)26)28-16-6-4-2/h3,8-11,14-15,20-21H,1,4-7,12-13,16-17H2,2H3. The van der Waals surface area contributed by atoms with Crippen LogP contribution in [0, 0.1) is 11.6 Å². The maximum absolute atomic E-state index is 14.6. The molecule has 1 saturated heterocycles. The second kappa shape index (κ2) is 10.5. The summed E-state index contributed by atoms with van der Waals surface area (Å²) in [6, 6.07) is 10.8. The van der Waals surface area contributed by atoms with Crippen LogP contribution in [0.3, 0.4) is 0 Å². The van der Waals surface area contributed by atoms with Crippen molar-refractivity contribution >= 4 is 0 Å². The van der Waals surface area contributed by atoms with E-state index in [1.807, 2.05) is 37.3 Å². The topological polar surface area (TPSA) is 18.5 Å². The number of allylic oxidation sites excluding steroid dienone is 1. The average molecular weight is 401 g/mol. The molecule has 2 aromatic carbocycles. The van der Waals surface area contributed by atoms with Gasteiger partial charge in [0, 0.05) is 11.5 Å². The van der Waals surface area contributed by atoms with Crippen molar-refractivity contribution < 1.29 is 18.3 Å². The smallest absolute Gasteiger partial charge is 0.201 e. The summed E-state index contributed by atoms with van der Waals surface area (Å²) in [6.07, 6.45) is 8.12. The van der Waals surface area contributed by atoms with Crippen LogP contribution < -0.4 is 4.74 Å². The highest BCUT2D eigenvalue weighted by Gasteiger charge is 2.23. The molecule has 0 bridgehead atoms. The number of benzene rings is 2. The lowest BCUT2D eigenvalue weighted by Gasteiger charge is -2.29. The molecule has 3 rings (SSSR count). The molecule has 1 heterocycles. The maximum Gasteiger partial charge on any atom is 0.201 e. The summed E-state index contributed by atoms with van der Waals surface area (Å²) >= 11 is 0. The van der Waals surface area contributed by atoms with Crippen molar-refractivity contribution in [2.75, 3.05) is 13.2 Å². The summed E-state index contributed by atoms with van der Waals surface area (Å²) in [5.41, 5.74) is 2.09. The zero-order chi connectivity index (χ0) is 20.6. The van der Waals surface area contributed by atoms with Crippen molar-refractivity contribution in [1.29, 1.82) is 0 Å². The second-order valence-electron chi connectivity index (χ2n) is 7.66. The van der Waals surface area contributed by atoms with E-state index in [9.17, 15) is 8.78 Å². The van der Waals surface area contributed by atoms with Crippen LogP contribution in [0.2, 0.25) is 0 Å². The summed E-state index contributed by atoms with van der Waals surface area (Å²) in [5, 5.41) is 0. The minimum Gasteiger partial charge on any atom is -0.490 e. The molecule has 1 aliphatic rings. The molecule has 1 fully saturated rings. The lowest BCUT2D eigenvalue weighted by atomic mass is 9.89. The van der Waals surface area contributed by atoms with E-state index in [1.165, 1.54) is 11.6 Å². The van der Waals surface area contributed by atoms with Gasteiger partial charge in [0.25, 0.3) is 0 Å². The normalized spacial score (nSPS) is 19.1. The quantitative estimate of drug-likeness (QED) is 0.332. The van der Waals surface area contributed by atoms with Gasteiger partial charge in [-0.05, 0) is 55.4 Å². The highest BCUT2D eigenvalue weighted by molar-refractivity contribution is 5.65. The van der Waals surface area contributed by atoms with Crippen LogP contribution in [0.4, 0.5) is 8.78 Å². The summed E-state index contributed by atoms with van der Waals surface area (Å²) in [5.74, 6) is -1.46. The SMILES string of the molecule is C=CCCC1CCC(c2ccc(-c3ccc(OCCCC)c(F)c3F)cc2)CO1. The maximum atomic E-state index is 14.6. The molecule has 1 aliphatic heterocycles. The third-order valence-corrected chi connectivity index (χ3v) is 5.56. The van der Waals surface area contributed by atoms with Crippen LogP contribution in [0.25, 0.3) is 11.1 Å². The summed E-state index contributed by atoms with van der Waals surface area (Å²) in [4.78, 5) is 0. The first-order valence-electron chi connectivity index (χ1n) is 10.6.